The number of hydrogen-bond acceptors (Lipinski definition) is 5. The summed E-state index contributed by atoms with van der Waals surface area (Å²) in [5.74, 6) is 2.13. The molecule has 0 bridgehead atoms. The van der Waals surface area contributed by atoms with Crippen LogP contribution < -0.4 is 10.1 Å². The van der Waals surface area contributed by atoms with Crippen molar-refractivity contribution in [1.29, 1.82) is 0 Å². The number of hydrogen-bond donors (Lipinski definition) is 1. The van der Waals surface area contributed by atoms with Crippen LogP contribution in [-0.2, 0) is 6.42 Å². The molecule has 1 N–H and O–H groups in total. The largest absolute Gasteiger partial charge is 0.493 e. The summed E-state index contributed by atoms with van der Waals surface area (Å²) in [4.78, 5) is 8.76. The summed E-state index contributed by atoms with van der Waals surface area (Å²) >= 11 is 0. The Morgan fingerprint density at radius 3 is 2.92 bits per heavy atom. The summed E-state index contributed by atoms with van der Waals surface area (Å²) < 4.78 is 11.8. The van der Waals surface area contributed by atoms with Gasteiger partial charge in [0.1, 0.15) is 23.2 Å². The van der Waals surface area contributed by atoms with Gasteiger partial charge in [-0.25, -0.2) is 9.97 Å². The zero-order valence-electron chi connectivity index (χ0n) is 13.6. The van der Waals surface area contributed by atoms with Crippen LogP contribution >= 0.6 is 0 Å². The highest BCUT2D eigenvalue weighted by Crippen LogP contribution is 2.31. The van der Waals surface area contributed by atoms with E-state index in [-0.39, 0.29) is 0 Å². The molecular formula is C20H17N3O2. The predicted octanol–water partition coefficient (Wildman–Crippen LogP) is 4.04. The molecule has 124 valence electrons. The van der Waals surface area contributed by atoms with Gasteiger partial charge in [-0.3, -0.25) is 0 Å². The van der Waals surface area contributed by atoms with Gasteiger partial charge < -0.3 is 14.5 Å². The Morgan fingerprint density at radius 1 is 1.04 bits per heavy atom. The van der Waals surface area contributed by atoms with E-state index in [2.05, 4.69) is 27.4 Å². The fraction of sp³-hybridized carbons (Fsp3) is 0.200. The van der Waals surface area contributed by atoms with Crippen LogP contribution in [0.4, 0.5) is 5.82 Å². The first-order valence-electron chi connectivity index (χ1n) is 8.45. The van der Waals surface area contributed by atoms with Gasteiger partial charge in [-0.2, -0.15) is 0 Å². The number of fused-ring (bicyclic) bond motifs is 4. The minimum absolute atomic E-state index is 0.393. The maximum Gasteiger partial charge on any atom is 0.196 e. The summed E-state index contributed by atoms with van der Waals surface area (Å²) in [6.07, 6.45) is 2.58. The Hall–Kier alpha value is -3.08. The number of furan rings is 1. The molecule has 1 atom stereocenters. The molecule has 2 aromatic heterocycles. The van der Waals surface area contributed by atoms with Crippen LogP contribution in [0.5, 0.6) is 5.75 Å². The Morgan fingerprint density at radius 2 is 1.92 bits per heavy atom. The number of aromatic nitrogens is 2. The summed E-state index contributed by atoms with van der Waals surface area (Å²) in [6, 6.07) is 16.1. The van der Waals surface area contributed by atoms with Gasteiger partial charge in [-0.15, -0.1) is 0 Å². The summed E-state index contributed by atoms with van der Waals surface area (Å²) in [5, 5.41) is 4.44. The second-order valence-electron chi connectivity index (χ2n) is 6.37. The van der Waals surface area contributed by atoms with Crippen molar-refractivity contribution >= 4 is 27.9 Å². The maximum atomic E-state index is 5.96. The average Bonchev–Trinajstić information content (AvgIpc) is 3.05. The van der Waals surface area contributed by atoms with Crippen molar-refractivity contribution in [1.82, 2.24) is 9.97 Å². The summed E-state index contributed by atoms with van der Waals surface area (Å²) in [5.41, 5.74) is 3.65. The van der Waals surface area contributed by atoms with Crippen molar-refractivity contribution in [3.8, 4) is 5.75 Å². The van der Waals surface area contributed by atoms with Gasteiger partial charge in [0.15, 0.2) is 11.4 Å². The van der Waals surface area contributed by atoms with Gasteiger partial charge in [-0.1, -0.05) is 30.3 Å². The molecule has 0 amide bonds. The van der Waals surface area contributed by atoms with Crippen molar-refractivity contribution < 1.29 is 9.15 Å². The second kappa shape index (κ2) is 5.77. The maximum absolute atomic E-state index is 5.96. The van der Waals surface area contributed by atoms with Gasteiger partial charge in [-0.05, 0) is 30.2 Å². The Labute approximate surface area is 144 Å². The predicted molar refractivity (Wildman–Crippen MR) is 96.9 cm³/mol. The molecule has 1 aliphatic rings. The standard InChI is InChI=1S/C20H17N3O2/c1-3-7-16-14(5-1)9-13(11-24-16)10-21-20-19-18(22-12-23-20)15-6-2-4-8-17(15)25-19/h1-8,12-13H,9-11H2,(H,21,22,23). The zero-order valence-corrected chi connectivity index (χ0v) is 13.6. The van der Waals surface area contributed by atoms with Crippen molar-refractivity contribution in [2.75, 3.05) is 18.5 Å². The number of anilines is 1. The van der Waals surface area contributed by atoms with Crippen molar-refractivity contribution in [3.63, 3.8) is 0 Å². The van der Waals surface area contributed by atoms with E-state index in [1.165, 1.54) is 5.56 Å². The van der Waals surface area contributed by atoms with E-state index in [0.717, 1.165) is 41.0 Å². The van der Waals surface area contributed by atoms with Gasteiger partial charge in [0.25, 0.3) is 0 Å². The fourth-order valence-corrected chi connectivity index (χ4v) is 3.41. The Bertz CT molecular complexity index is 1060. The molecule has 0 aliphatic carbocycles. The lowest BCUT2D eigenvalue weighted by Crippen LogP contribution is -2.27. The fourth-order valence-electron chi connectivity index (χ4n) is 3.41. The van der Waals surface area contributed by atoms with Gasteiger partial charge >= 0.3 is 0 Å². The van der Waals surface area contributed by atoms with Crippen LogP contribution in [0.25, 0.3) is 22.1 Å². The topological polar surface area (TPSA) is 60.2 Å². The van der Waals surface area contributed by atoms with Gasteiger partial charge in [0, 0.05) is 17.8 Å². The van der Waals surface area contributed by atoms with Gasteiger partial charge in [0.2, 0.25) is 0 Å². The number of ether oxygens (including phenoxy) is 1. The molecule has 0 spiro atoms. The highest BCUT2D eigenvalue weighted by atomic mass is 16.5. The molecular weight excluding hydrogens is 314 g/mol. The van der Waals surface area contributed by atoms with E-state index >= 15 is 0 Å². The van der Waals surface area contributed by atoms with E-state index < -0.39 is 0 Å². The first-order valence-corrected chi connectivity index (χ1v) is 8.45. The SMILES string of the molecule is c1ccc2c(c1)CC(CNc1ncnc3c1oc1ccccc13)CO2. The molecule has 5 rings (SSSR count). The van der Waals surface area contributed by atoms with E-state index in [4.69, 9.17) is 9.15 Å². The van der Waals surface area contributed by atoms with Crippen LogP contribution in [0.3, 0.4) is 0 Å². The first-order chi connectivity index (χ1) is 12.4. The quantitative estimate of drug-likeness (QED) is 0.614. The molecule has 0 radical (unpaired) electrons. The highest BCUT2D eigenvalue weighted by Gasteiger charge is 2.20. The molecule has 5 nitrogen and oxygen atoms in total. The third-order valence-corrected chi connectivity index (χ3v) is 4.67. The zero-order chi connectivity index (χ0) is 16.6. The van der Waals surface area contributed by atoms with E-state index in [9.17, 15) is 0 Å². The van der Waals surface area contributed by atoms with Crippen molar-refractivity contribution in [2.24, 2.45) is 5.92 Å². The molecule has 3 heterocycles. The molecule has 1 unspecified atom stereocenters. The van der Waals surface area contributed by atoms with E-state index in [1.807, 2.05) is 36.4 Å². The third-order valence-electron chi connectivity index (χ3n) is 4.67. The molecule has 0 saturated carbocycles. The second-order valence-corrected chi connectivity index (χ2v) is 6.37. The monoisotopic (exact) mass is 331 g/mol. The molecule has 4 aromatic rings. The molecule has 5 heteroatoms. The minimum Gasteiger partial charge on any atom is -0.493 e. The van der Waals surface area contributed by atoms with Crippen LogP contribution in [-0.4, -0.2) is 23.1 Å². The van der Waals surface area contributed by atoms with Crippen LogP contribution in [0, 0.1) is 5.92 Å². The lowest BCUT2D eigenvalue weighted by molar-refractivity contribution is 0.229. The van der Waals surface area contributed by atoms with E-state index in [1.54, 1.807) is 6.33 Å². The lowest BCUT2D eigenvalue weighted by atomic mass is 9.97. The van der Waals surface area contributed by atoms with Crippen LogP contribution in [0.2, 0.25) is 0 Å². The Balaban J connectivity index is 1.40. The number of nitrogens with one attached hydrogen (secondary N) is 1. The summed E-state index contributed by atoms with van der Waals surface area (Å²) in [6.45, 7) is 1.48. The Kier molecular flexibility index (Phi) is 3.30. The van der Waals surface area contributed by atoms with Crippen LogP contribution in [0.1, 0.15) is 5.56 Å². The summed E-state index contributed by atoms with van der Waals surface area (Å²) in [7, 11) is 0. The van der Waals surface area contributed by atoms with Crippen molar-refractivity contribution in [3.05, 3.63) is 60.4 Å². The number of para-hydroxylation sites is 2. The third kappa shape index (κ3) is 2.48. The number of benzene rings is 2. The van der Waals surface area contributed by atoms with Crippen molar-refractivity contribution in [2.45, 2.75) is 6.42 Å². The molecule has 0 saturated heterocycles. The van der Waals surface area contributed by atoms with Crippen LogP contribution in [0.15, 0.2) is 59.3 Å². The molecule has 0 fully saturated rings. The lowest BCUT2D eigenvalue weighted by Gasteiger charge is -2.25. The normalized spacial score (nSPS) is 16.6. The molecule has 2 aromatic carbocycles. The number of rotatable bonds is 3. The van der Waals surface area contributed by atoms with Gasteiger partial charge in [0.05, 0.1) is 6.61 Å². The minimum atomic E-state index is 0.393. The smallest absolute Gasteiger partial charge is 0.196 e. The highest BCUT2D eigenvalue weighted by molar-refractivity contribution is 6.05. The number of nitrogens with zero attached hydrogens (tertiary/aromatic N) is 2. The molecule has 25 heavy (non-hydrogen) atoms. The first kappa shape index (κ1) is 14.3. The molecule has 1 aliphatic heterocycles. The van der Waals surface area contributed by atoms with E-state index in [0.29, 0.717) is 18.1 Å². The average molecular weight is 331 g/mol.